The van der Waals surface area contributed by atoms with E-state index < -0.39 is 16.1 Å². The number of benzene rings is 3. The third-order valence-corrected chi connectivity index (χ3v) is 19.6. The van der Waals surface area contributed by atoms with Crippen LogP contribution in [-0.4, -0.2) is 16.1 Å². The summed E-state index contributed by atoms with van der Waals surface area (Å²) in [7, 11) is -3.99. The van der Waals surface area contributed by atoms with Gasteiger partial charge < -0.3 is 4.74 Å². The molecule has 0 aromatic heterocycles. The van der Waals surface area contributed by atoms with Gasteiger partial charge in [0.2, 0.25) is 0 Å². The van der Waals surface area contributed by atoms with Crippen molar-refractivity contribution >= 4 is 37.8 Å². The zero-order valence-electron chi connectivity index (χ0n) is 23.0. The van der Waals surface area contributed by atoms with Crippen LogP contribution in [0.2, 0.25) is 30.2 Å². The number of rotatable bonds is 7. The topological polar surface area (TPSA) is 9.23 Å². The first-order valence-corrected chi connectivity index (χ1v) is 18.6. The van der Waals surface area contributed by atoms with E-state index in [-0.39, 0.29) is 5.04 Å². The lowest BCUT2D eigenvalue weighted by Crippen LogP contribution is -2.61. The Hall–Kier alpha value is -2.37. The van der Waals surface area contributed by atoms with Crippen LogP contribution in [0.1, 0.15) is 51.3 Å². The number of allylic oxidation sites excluding steroid dienone is 1. The highest BCUT2D eigenvalue weighted by molar-refractivity contribution is 7.04. The van der Waals surface area contributed by atoms with E-state index in [0.717, 1.165) is 17.9 Å². The molecule has 0 heterocycles. The predicted octanol–water partition coefficient (Wildman–Crippen LogP) is 7.67. The van der Waals surface area contributed by atoms with Gasteiger partial charge in [0.05, 0.1) is 8.07 Å². The molecule has 3 aromatic carbocycles. The molecular formula is C32H42OSi2. The first kappa shape index (κ1) is 25.7. The Kier molecular flexibility index (Phi) is 7.05. The van der Waals surface area contributed by atoms with Gasteiger partial charge in [0.15, 0.2) is 0 Å². The second-order valence-corrected chi connectivity index (χ2v) is 21.7. The van der Waals surface area contributed by atoms with Crippen LogP contribution in [-0.2, 0) is 6.42 Å². The summed E-state index contributed by atoms with van der Waals surface area (Å²) >= 11 is 0. The smallest absolute Gasteiger partial charge is 0.127 e. The Morgan fingerprint density at radius 1 is 0.829 bits per heavy atom. The average Bonchev–Trinajstić information content (AvgIpc) is 3.31. The van der Waals surface area contributed by atoms with Crippen molar-refractivity contribution < 1.29 is 4.74 Å². The van der Waals surface area contributed by atoms with Gasteiger partial charge in [0, 0.05) is 0 Å². The van der Waals surface area contributed by atoms with Crippen molar-refractivity contribution in [3.8, 4) is 11.5 Å². The molecule has 3 aromatic rings. The lowest BCUT2D eigenvalue weighted by atomic mass is 10.1. The summed E-state index contributed by atoms with van der Waals surface area (Å²) in [6.07, 6.45) is 5.76. The van der Waals surface area contributed by atoms with E-state index in [4.69, 9.17) is 4.74 Å². The van der Waals surface area contributed by atoms with Gasteiger partial charge in [-0.2, -0.15) is 0 Å². The fraction of sp³-hybridized carbons (Fsp3) is 0.375. The van der Waals surface area contributed by atoms with Gasteiger partial charge in [-0.15, -0.1) is 0 Å². The van der Waals surface area contributed by atoms with Gasteiger partial charge in [0.1, 0.15) is 19.6 Å². The summed E-state index contributed by atoms with van der Waals surface area (Å²) < 4.78 is 6.98. The Bertz CT molecular complexity index is 1230. The molecule has 3 heteroatoms. The van der Waals surface area contributed by atoms with Crippen LogP contribution in [0.5, 0.6) is 11.5 Å². The Labute approximate surface area is 215 Å². The standard InChI is InChI=1S/C32H42OSi2/c1-9-35(10-2,28-21-15-17-25-16-14-20-27(25)28)30-23-24(3)22-29(34(7,8)32(4,5)6)31(30)33-26-18-12-11-13-19-26/h11-15,17-23H,9-10,16H2,1-8H3. The van der Waals surface area contributed by atoms with Gasteiger partial charge in [-0.05, 0) is 57.2 Å². The molecule has 0 aliphatic heterocycles. The lowest BCUT2D eigenvalue weighted by Gasteiger charge is -2.41. The molecule has 0 amide bonds. The SMILES string of the molecule is CC[Si](CC)(c1cccc2c1C=CC2)c1cc(C)cc([Si](C)(C)C(C)(C)C)c1Oc1ccccc1. The minimum absolute atomic E-state index is 0.215. The molecule has 0 saturated heterocycles. The number of hydrogen-bond donors (Lipinski definition) is 0. The number of ether oxygens (including phenoxy) is 1. The van der Waals surface area contributed by atoms with Gasteiger partial charge in [-0.25, -0.2) is 0 Å². The maximum Gasteiger partial charge on any atom is 0.127 e. The highest BCUT2D eigenvalue weighted by Gasteiger charge is 2.44. The number of para-hydroxylation sites is 1. The van der Waals surface area contributed by atoms with E-state index in [1.54, 1.807) is 5.19 Å². The average molecular weight is 499 g/mol. The van der Waals surface area contributed by atoms with Crippen molar-refractivity contribution in [3.05, 3.63) is 83.4 Å². The number of fused-ring (bicyclic) bond motifs is 1. The van der Waals surface area contributed by atoms with Crippen molar-refractivity contribution in [1.82, 2.24) is 0 Å². The first-order valence-electron chi connectivity index (χ1n) is 13.2. The molecule has 0 N–H and O–H groups in total. The molecule has 4 rings (SSSR count). The van der Waals surface area contributed by atoms with E-state index >= 15 is 0 Å². The zero-order valence-corrected chi connectivity index (χ0v) is 25.0. The minimum Gasteiger partial charge on any atom is -0.458 e. The van der Waals surface area contributed by atoms with Crippen LogP contribution in [0.15, 0.2) is 66.7 Å². The van der Waals surface area contributed by atoms with E-state index in [0.29, 0.717) is 0 Å². The maximum atomic E-state index is 6.98. The van der Waals surface area contributed by atoms with E-state index in [1.807, 2.05) is 0 Å². The normalized spacial score (nSPS) is 13.7. The monoisotopic (exact) mass is 498 g/mol. The maximum absolute atomic E-state index is 6.98. The van der Waals surface area contributed by atoms with Crippen molar-refractivity contribution in [2.75, 3.05) is 0 Å². The summed E-state index contributed by atoms with van der Waals surface area (Å²) in [5.74, 6) is 2.09. The van der Waals surface area contributed by atoms with Gasteiger partial charge >= 0.3 is 0 Å². The molecular weight excluding hydrogens is 457 g/mol. The molecule has 0 unspecified atom stereocenters. The Morgan fingerprint density at radius 3 is 2.11 bits per heavy atom. The van der Waals surface area contributed by atoms with E-state index in [1.165, 1.54) is 39.2 Å². The van der Waals surface area contributed by atoms with E-state index in [9.17, 15) is 0 Å². The van der Waals surface area contributed by atoms with Crippen LogP contribution >= 0.6 is 0 Å². The van der Waals surface area contributed by atoms with Crippen LogP contribution in [0.25, 0.3) is 6.08 Å². The fourth-order valence-corrected chi connectivity index (χ4v) is 12.5. The van der Waals surface area contributed by atoms with Crippen molar-refractivity contribution in [1.29, 1.82) is 0 Å². The molecule has 1 aliphatic rings. The summed E-state index contributed by atoms with van der Waals surface area (Å²) in [5.41, 5.74) is 4.31. The minimum atomic E-state index is -2.11. The number of aryl methyl sites for hydroxylation is 1. The van der Waals surface area contributed by atoms with Gasteiger partial charge in [-0.1, -0.05) is 126 Å². The van der Waals surface area contributed by atoms with Crippen molar-refractivity contribution in [2.45, 2.75) is 78.2 Å². The fourth-order valence-electron chi connectivity index (χ4n) is 5.58. The summed E-state index contributed by atoms with van der Waals surface area (Å²) in [5, 5.41) is 4.75. The van der Waals surface area contributed by atoms with Crippen molar-refractivity contribution in [2.24, 2.45) is 0 Å². The molecule has 1 nitrogen and oxygen atoms in total. The van der Waals surface area contributed by atoms with Crippen LogP contribution in [0, 0.1) is 6.92 Å². The Morgan fingerprint density at radius 2 is 1.49 bits per heavy atom. The van der Waals surface area contributed by atoms with Gasteiger partial charge in [0.25, 0.3) is 0 Å². The summed E-state index contributed by atoms with van der Waals surface area (Å²) in [6, 6.07) is 24.7. The van der Waals surface area contributed by atoms with Crippen LogP contribution in [0.4, 0.5) is 0 Å². The second kappa shape index (κ2) is 9.59. The molecule has 0 fully saturated rings. The quantitative estimate of drug-likeness (QED) is 0.304. The van der Waals surface area contributed by atoms with E-state index in [2.05, 4.69) is 127 Å². The largest absolute Gasteiger partial charge is 0.458 e. The summed E-state index contributed by atoms with van der Waals surface area (Å²) in [4.78, 5) is 0. The third kappa shape index (κ3) is 4.49. The third-order valence-electron chi connectivity index (χ3n) is 8.80. The molecule has 0 saturated carbocycles. The predicted molar refractivity (Wildman–Crippen MR) is 160 cm³/mol. The zero-order chi connectivity index (χ0) is 25.4. The highest BCUT2D eigenvalue weighted by Crippen LogP contribution is 2.39. The van der Waals surface area contributed by atoms with Crippen LogP contribution < -0.4 is 20.3 Å². The molecule has 0 bridgehead atoms. The first-order chi connectivity index (χ1) is 16.5. The Balaban J connectivity index is 2.07. The van der Waals surface area contributed by atoms with Crippen LogP contribution in [0.3, 0.4) is 0 Å². The molecule has 0 radical (unpaired) electrons. The van der Waals surface area contributed by atoms with Gasteiger partial charge in [-0.3, -0.25) is 0 Å². The lowest BCUT2D eigenvalue weighted by molar-refractivity contribution is 0.489. The molecule has 1 aliphatic carbocycles. The highest BCUT2D eigenvalue weighted by atomic mass is 28.3. The molecule has 184 valence electrons. The second-order valence-electron chi connectivity index (χ2n) is 11.8. The number of hydrogen-bond acceptors (Lipinski definition) is 1. The molecule has 0 atom stereocenters. The van der Waals surface area contributed by atoms with Crippen molar-refractivity contribution in [3.63, 3.8) is 0 Å². The molecule has 0 spiro atoms. The summed E-state index contributed by atoms with van der Waals surface area (Å²) in [6.45, 7) is 19.4. The molecule has 35 heavy (non-hydrogen) atoms.